The number of allylic oxidation sites excluding steroid dienone is 1. The van der Waals surface area contributed by atoms with Crippen molar-refractivity contribution >= 4 is 11.6 Å². The van der Waals surface area contributed by atoms with Crippen molar-refractivity contribution in [3.8, 4) is 0 Å². The first-order valence-electron chi connectivity index (χ1n) is 13.5. The van der Waals surface area contributed by atoms with Gasteiger partial charge in [-0.25, -0.2) is 0 Å². The van der Waals surface area contributed by atoms with Crippen LogP contribution in [0.2, 0.25) is 0 Å². The Morgan fingerprint density at radius 2 is 1.74 bits per heavy atom. The number of hydrogen-bond donors (Lipinski definition) is 2. The molecular formula is C30H44O5. The van der Waals surface area contributed by atoms with E-state index in [1.165, 1.54) is 5.57 Å². The number of rotatable bonds is 2. The second kappa shape index (κ2) is 7.39. The van der Waals surface area contributed by atoms with Gasteiger partial charge in [-0.05, 0) is 67.8 Å². The first-order valence-corrected chi connectivity index (χ1v) is 13.5. The van der Waals surface area contributed by atoms with Gasteiger partial charge in [0.05, 0.1) is 17.8 Å². The number of ether oxygens (including phenoxy) is 1. The molecule has 1 saturated heterocycles. The van der Waals surface area contributed by atoms with Crippen molar-refractivity contribution in [3.63, 3.8) is 0 Å². The molecule has 0 bridgehead atoms. The Morgan fingerprint density at radius 1 is 1.09 bits per heavy atom. The third kappa shape index (κ3) is 3.04. The highest BCUT2D eigenvalue weighted by Gasteiger charge is 2.75. The van der Waals surface area contributed by atoms with Gasteiger partial charge in [-0.15, -0.1) is 0 Å². The zero-order valence-electron chi connectivity index (χ0n) is 22.6. The van der Waals surface area contributed by atoms with Gasteiger partial charge in [0, 0.05) is 29.6 Å². The van der Waals surface area contributed by atoms with E-state index in [0.717, 1.165) is 19.3 Å². The predicted molar refractivity (Wildman–Crippen MR) is 134 cm³/mol. The monoisotopic (exact) mass is 484 g/mol. The second-order valence-electron chi connectivity index (χ2n) is 14.1. The molecule has 0 aromatic heterocycles. The highest BCUT2D eigenvalue weighted by atomic mass is 16.5. The van der Waals surface area contributed by atoms with Crippen LogP contribution in [0.4, 0.5) is 0 Å². The lowest BCUT2D eigenvalue weighted by atomic mass is 9.38. The quantitative estimate of drug-likeness (QED) is 0.435. The number of carbonyl (C=O) groups is 2. The largest absolute Gasteiger partial charge is 0.392 e. The fourth-order valence-corrected chi connectivity index (χ4v) is 9.87. The molecular weight excluding hydrogens is 440 g/mol. The lowest BCUT2D eigenvalue weighted by molar-refractivity contribution is -0.206. The molecule has 5 heteroatoms. The molecule has 5 rings (SSSR count). The Kier molecular flexibility index (Phi) is 5.35. The standard InChI is InChI=1S/C30H44O5/c1-16(2)24(33)19-14-29(7,34)25-20(35-19)13-27(5)21-11-9-17-18(10-12-22(31)26(17,3)4)30(21,8)23(32)15-28(25,27)6/h9,18-22,25,31,34H,1,10-15H2,2-8H3/t18-,19-,20-,21+,22+,25+,27+,28-,29+,30+/m1/s1. The van der Waals surface area contributed by atoms with Gasteiger partial charge in [-0.2, -0.15) is 0 Å². The maximum Gasteiger partial charge on any atom is 0.186 e. The molecule has 0 aromatic carbocycles. The smallest absolute Gasteiger partial charge is 0.186 e. The summed E-state index contributed by atoms with van der Waals surface area (Å²) < 4.78 is 6.46. The molecule has 2 N–H and O–H groups in total. The third-order valence-corrected chi connectivity index (χ3v) is 11.9. The van der Waals surface area contributed by atoms with Gasteiger partial charge in [-0.3, -0.25) is 9.59 Å². The minimum atomic E-state index is -1.11. The molecule has 5 aliphatic rings. The van der Waals surface area contributed by atoms with Crippen LogP contribution in [0.25, 0.3) is 0 Å². The van der Waals surface area contributed by atoms with Crippen LogP contribution in [0.5, 0.6) is 0 Å². The molecule has 1 heterocycles. The number of fused-ring (bicyclic) bond motifs is 7. The Hall–Kier alpha value is -1.30. The van der Waals surface area contributed by atoms with Crippen molar-refractivity contribution in [3.05, 3.63) is 23.8 Å². The van der Waals surface area contributed by atoms with Crippen molar-refractivity contribution in [2.24, 2.45) is 39.4 Å². The minimum Gasteiger partial charge on any atom is -0.392 e. The SMILES string of the molecule is C=C(C)C(=O)[C@H]1C[C@](C)(O)[C@H]2[C@@H](C[C@@]3(C)[C@@H]4CC=C5[C@@H](CC[C@H](O)C5(C)C)[C@]4(C)C(=O)C[C@]23C)O1. The van der Waals surface area contributed by atoms with Crippen molar-refractivity contribution < 1.29 is 24.5 Å². The van der Waals surface area contributed by atoms with Gasteiger partial charge < -0.3 is 14.9 Å². The van der Waals surface area contributed by atoms with E-state index in [0.29, 0.717) is 24.2 Å². The number of aliphatic hydroxyl groups is 2. The van der Waals surface area contributed by atoms with E-state index >= 15 is 0 Å². The molecule has 10 atom stereocenters. The molecule has 5 nitrogen and oxygen atoms in total. The van der Waals surface area contributed by atoms with E-state index in [1.807, 2.05) is 6.92 Å². The van der Waals surface area contributed by atoms with Crippen LogP contribution in [0, 0.1) is 39.4 Å². The summed E-state index contributed by atoms with van der Waals surface area (Å²) in [6, 6.07) is 0. The van der Waals surface area contributed by atoms with E-state index in [2.05, 4.69) is 47.3 Å². The van der Waals surface area contributed by atoms with Crippen molar-refractivity contribution in [2.75, 3.05) is 0 Å². The summed E-state index contributed by atoms with van der Waals surface area (Å²) >= 11 is 0. The van der Waals surface area contributed by atoms with Gasteiger partial charge >= 0.3 is 0 Å². The molecule has 3 saturated carbocycles. The number of ketones is 2. The van der Waals surface area contributed by atoms with Gasteiger partial charge in [0.2, 0.25) is 0 Å². The Bertz CT molecular complexity index is 1020. The van der Waals surface area contributed by atoms with Gasteiger partial charge in [-0.1, -0.05) is 52.8 Å². The van der Waals surface area contributed by atoms with Crippen molar-refractivity contribution in [1.29, 1.82) is 0 Å². The highest BCUT2D eigenvalue weighted by Crippen LogP contribution is 2.75. The van der Waals surface area contributed by atoms with E-state index in [9.17, 15) is 19.8 Å². The number of carbonyl (C=O) groups excluding carboxylic acids is 2. The van der Waals surface area contributed by atoms with E-state index in [-0.39, 0.29) is 53.0 Å². The van der Waals surface area contributed by atoms with Gasteiger partial charge in [0.15, 0.2) is 5.78 Å². The zero-order chi connectivity index (χ0) is 25.9. The average molecular weight is 485 g/mol. The van der Waals surface area contributed by atoms with Crippen LogP contribution in [0.1, 0.15) is 87.0 Å². The molecule has 0 spiro atoms. The molecule has 0 amide bonds. The molecule has 1 aliphatic heterocycles. The summed E-state index contributed by atoms with van der Waals surface area (Å²) in [5.41, 5.74) is -0.875. The summed E-state index contributed by atoms with van der Waals surface area (Å²) in [6.45, 7) is 18.3. The maximum absolute atomic E-state index is 14.3. The zero-order valence-corrected chi connectivity index (χ0v) is 22.6. The summed E-state index contributed by atoms with van der Waals surface area (Å²) in [5.74, 6) is 0.208. The number of Topliss-reactive ketones (excluding diaryl/α,β-unsaturated/α-hetero) is 2. The van der Waals surface area contributed by atoms with Crippen LogP contribution in [0.15, 0.2) is 23.8 Å². The third-order valence-electron chi connectivity index (χ3n) is 11.9. The van der Waals surface area contributed by atoms with Crippen LogP contribution in [-0.4, -0.2) is 45.7 Å². The van der Waals surface area contributed by atoms with E-state index < -0.39 is 22.5 Å². The maximum atomic E-state index is 14.3. The fourth-order valence-electron chi connectivity index (χ4n) is 9.87. The topological polar surface area (TPSA) is 83.8 Å². The van der Waals surface area contributed by atoms with E-state index in [4.69, 9.17) is 4.74 Å². The van der Waals surface area contributed by atoms with Gasteiger partial charge in [0.25, 0.3) is 0 Å². The summed E-state index contributed by atoms with van der Waals surface area (Å²) in [5, 5.41) is 22.5. The minimum absolute atomic E-state index is 0.126. The first-order chi connectivity index (χ1) is 16.0. The lowest BCUT2D eigenvalue weighted by Crippen LogP contribution is -2.65. The second-order valence-corrected chi connectivity index (χ2v) is 14.1. The molecule has 0 unspecified atom stereocenters. The molecule has 35 heavy (non-hydrogen) atoms. The Labute approximate surface area is 210 Å². The number of aliphatic hydroxyl groups excluding tert-OH is 1. The van der Waals surface area contributed by atoms with Crippen LogP contribution < -0.4 is 0 Å². The van der Waals surface area contributed by atoms with Crippen LogP contribution >= 0.6 is 0 Å². The first kappa shape index (κ1) is 25.4. The van der Waals surface area contributed by atoms with E-state index in [1.54, 1.807) is 6.92 Å². The summed E-state index contributed by atoms with van der Waals surface area (Å²) in [4.78, 5) is 27.1. The van der Waals surface area contributed by atoms with Crippen molar-refractivity contribution in [2.45, 2.75) is 111 Å². The van der Waals surface area contributed by atoms with Gasteiger partial charge in [0.1, 0.15) is 11.9 Å². The van der Waals surface area contributed by atoms with Crippen molar-refractivity contribution in [1.82, 2.24) is 0 Å². The Morgan fingerprint density at radius 3 is 2.37 bits per heavy atom. The summed E-state index contributed by atoms with van der Waals surface area (Å²) in [7, 11) is 0. The Balaban J connectivity index is 1.59. The summed E-state index contributed by atoms with van der Waals surface area (Å²) in [6.07, 6.45) is 4.73. The molecule has 4 fully saturated rings. The fraction of sp³-hybridized carbons (Fsp3) is 0.800. The molecule has 0 radical (unpaired) electrons. The van der Waals surface area contributed by atoms with Crippen LogP contribution in [0.3, 0.4) is 0 Å². The van der Waals surface area contributed by atoms with Crippen LogP contribution in [-0.2, 0) is 14.3 Å². The molecule has 194 valence electrons. The number of hydrogen-bond acceptors (Lipinski definition) is 5. The normalized spacial score (nSPS) is 52.5. The predicted octanol–water partition coefficient (Wildman–Crippen LogP) is 4.80. The average Bonchev–Trinajstić information content (AvgIpc) is 2.97. The molecule has 4 aliphatic carbocycles. The highest BCUT2D eigenvalue weighted by molar-refractivity contribution is 5.98. The molecule has 0 aromatic rings. The lowest BCUT2D eigenvalue weighted by Gasteiger charge is -2.65.